The van der Waals surface area contributed by atoms with Crippen LogP contribution in [0.4, 0.5) is 0 Å². The van der Waals surface area contributed by atoms with Crippen molar-refractivity contribution in [2.45, 2.75) is 32.2 Å². The average molecular weight is 287 g/mol. The summed E-state index contributed by atoms with van der Waals surface area (Å²) in [7, 11) is 2.11. The molecule has 1 atom stereocenters. The fraction of sp³-hybridized carbons (Fsp3) is 0.750. The van der Waals surface area contributed by atoms with Crippen molar-refractivity contribution in [2.75, 3.05) is 26.8 Å². The normalized spacial score (nSPS) is 20.3. The van der Waals surface area contributed by atoms with Crippen LogP contribution in [0.5, 0.6) is 12.0 Å². The van der Waals surface area contributed by atoms with Crippen LogP contribution in [0.15, 0.2) is 0 Å². The maximum absolute atomic E-state index is 5.80. The van der Waals surface area contributed by atoms with Crippen molar-refractivity contribution < 1.29 is 9.47 Å². The number of hydrogen-bond acceptors (Lipinski definition) is 6. The number of likely N-dealkylation sites (tertiary alicyclic amines) is 1. The van der Waals surface area contributed by atoms with Crippen LogP contribution in [-0.4, -0.2) is 52.7 Å². The molecular weight excluding hydrogens is 268 g/mol. The van der Waals surface area contributed by atoms with Crippen LogP contribution in [0, 0.1) is 0 Å². The van der Waals surface area contributed by atoms with E-state index in [1.165, 1.54) is 12.8 Å². The molecule has 6 nitrogen and oxygen atoms in total. The van der Waals surface area contributed by atoms with Crippen LogP contribution < -0.4 is 9.47 Å². The number of likely N-dealkylation sites (N-methyl/N-ethyl adjacent to an activating group) is 1. The Morgan fingerprint density at radius 2 is 1.95 bits per heavy atom. The largest absolute Gasteiger partial charge is 0.464 e. The molecule has 0 amide bonds. The predicted molar refractivity (Wildman–Crippen MR) is 71.8 cm³/mol. The molecule has 0 spiro atoms. The molecule has 1 aromatic heterocycles. The first-order chi connectivity index (χ1) is 9.19. The molecule has 1 aliphatic heterocycles. The second kappa shape index (κ2) is 6.86. The fourth-order valence-corrected chi connectivity index (χ4v) is 2.24. The van der Waals surface area contributed by atoms with Gasteiger partial charge in [0.15, 0.2) is 0 Å². The molecule has 0 N–H and O–H groups in total. The molecule has 1 aromatic rings. The van der Waals surface area contributed by atoms with Gasteiger partial charge in [-0.05, 0) is 45.0 Å². The number of ether oxygens (including phenoxy) is 2. The van der Waals surface area contributed by atoms with E-state index in [1.807, 2.05) is 6.92 Å². The SMILES string of the molecule is CCOc1nc(Cl)nc(OCC2CCCCN2C)n1. The van der Waals surface area contributed by atoms with Gasteiger partial charge in [0.1, 0.15) is 6.61 Å². The second-order valence-electron chi connectivity index (χ2n) is 4.54. The van der Waals surface area contributed by atoms with Crippen LogP contribution in [0.3, 0.4) is 0 Å². The molecule has 1 saturated heterocycles. The number of hydrogen-bond donors (Lipinski definition) is 0. The molecule has 2 rings (SSSR count). The highest BCUT2D eigenvalue weighted by Gasteiger charge is 2.20. The van der Waals surface area contributed by atoms with Crippen molar-refractivity contribution in [3.8, 4) is 12.0 Å². The summed E-state index contributed by atoms with van der Waals surface area (Å²) < 4.78 is 10.8. The molecule has 2 heterocycles. The Morgan fingerprint density at radius 3 is 2.63 bits per heavy atom. The van der Waals surface area contributed by atoms with Gasteiger partial charge >= 0.3 is 12.0 Å². The first kappa shape index (κ1) is 14.3. The van der Waals surface area contributed by atoms with E-state index in [-0.39, 0.29) is 17.3 Å². The molecule has 0 aromatic carbocycles. The van der Waals surface area contributed by atoms with Gasteiger partial charge in [0, 0.05) is 6.04 Å². The predicted octanol–water partition coefficient (Wildman–Crippen LogP) is 1.79. The van der Waals surface area contributed by atoms with Crippen molar-refractivity contribution in [3.63, 3.8) is 0 Å². The Labute approximate surface area is 118 Å². The summed E-state index contributed by atoms with van der Waals surface area (Å²) in [6, 6.07) is 0.830. The molecular formula is C12H19ClN4O2. The van der Waals surface area contributed by atoms with E-state index in [9.17, 15) is 0 Å². The third-order valence-electron chi connectivity index (χ3n) is 3.17. The quantitative estimate of drug-likeness (QED) is 0.822. The van der Waals surface area contributed by atoms with E-state index < -0.39 is 0 Å². The van der Waals surface area contributed by atoms with E-state index in [2.05, 4.69) is 26.9 Å². The maximum atomic E-state index is 5.80. The van der Waals surface area contributed by atoms with Crippen LogP contribution in [0.1, 0.15) is 26.2 Å². The van der Waals surface area contributed by atoms with Crippen molar-refractivity contribution in [1.82, 2.24) is 19.9 Å². The van der Waals surface area contributed by atoms with Gasteiger partial charge in [0.05, 0.1) is 6.61 Å². The second-order valence-corrected chi connectivity index (χ2v) is 4.88. The minimum Gasteiger partial charge on any atom is -0.464 e. The van der Waals surface area contributed by atoms with Gasteiger partial charge < -0.3 is 14.4 Å². The van der Waals surface area contributed by atoms with E-state index in [0.717, 1.165) is 13.0 Å². The van der Waals surface area contributed by atoms with Gasteiger partial charge in [-0.15, -0.1) is 4.98 Å². The zero-order valence-electron chi connectivity index (χ0n) is 11.3. The highest BCUT2D eigenvalue weighted by atomic mass is 35.5. The van der Waals surface area contributed by atoms with Gasteiger partial charge in [0.25, 0.3) is 0 Å². The van der Waals surface area contributed by atoms with Crippen molar-refractivity contribution >= 4 is 11.6 Å². The lowest BCUT2D eigenvalue weighted by Gasteiger charge is -2.31. The first-order valence-electron chi connectivity index (χ1n) is 6.56. The summed E-state index contributed by atoms with van der Waals surface area (Å²) in [6.45, 7) is 4.00. The Kier molecular flexibility index (Phi) is 5.15. The van der Waals surface area contributed by atoms with E-state index in [4.69, 9.17) is 21.1 Å². The van der Waals surface area contributed by atoms with Gasteiger partial charge in [-0.25, -0.2) is 0 Å². The summed E-state index contributed by atoms with van der Waals surface area (Å²) >= 11 is 5.80. The molecule has 0 aliphatic carbocycles. The summed E-state index contributed by atoms with van der Waals surface area (Å²) in [4.78, 5) is 14.2. The topological polar surface area (TPSA) is 60.4 Å². The van der Waals surface area contributed by atoms with Crippen molar-refractivity contribution in [1.29, 1.82) is 0 Å². The first-order valence-corrected chi connectivity index (χ1v) is 6.94. The number of aromatic nitrogens is 3. The van der Waals surface area contributed by atoms with Crippen LogP contribution in [0.25, 0.3) is 0 Å². The lowest BCUT2D eigenvalue weighted by molar-refractivity contribution is 0.119. The molecule has 0 saturated carbocycles. The summed E-state index contributed by atoms with van der Waals surface area (Å²) in [5, 5.41) is 0.0884. The average Bonchev–Trinajstić information content (AvgIpc) is 2.37. The number of halogens is 1. The molecule has 1 fully saturated rings. The zero-order chi connectivity index (χ0) is 13.7. The van der Waals surface area contributed by atoms with Crippen molar-refractivity contribution in [3.05, 3.63) is 5.28 Å². The fourth-order valence-electron chi connectivity index (χ4n) is 2.10. The highest BCUT2D eigenvalue weighted by molar-refractivity contribution is 6.28. The monoisotopic (exact) mass is 286 g/mol. The van der Waals surface area contributed by atoms with E-state index in [1.54, 1.807) is 0 Å². The molecule has 1 unspecified atom stereocenters. The Bertz CT molecular complexity index is 419. The lowest BCUT2D eigenvalue weighted by Crippen LogP contribution is -2.40. The molecule has 19 heavy (non-hydrogen) atoms. The van der Waals surface area contributed by atoms with Crippen LogP contribution in [-0.2, 0) is 0 Å². The minimum absolute atomic E-state index is 0.0884. The summed E-state index contributed by atoms with van der Waals surface area (Å²) in [5.41, 5.74) is 0. The standard InChI is InChI=1S/C12H19ClN4O2/c1-3-18-11-14-10(13)15-12(16-11)19-8-9-6-4-5-7-17(9)2/h9H,3-8H2,1-2H3. The zero-order valence-corrected chi connectivity index (χ0v) is 12.1. The van der Waals surface area contributed by atoms with Crippen LogP contribution in [0.2, 0.25) is 5.28 Å². The molecule has 1 aliphatic rings. The Hall–Kier alpha value is -1.14. The molecule has 0 radical (unpaired) electrons. The Morgan fingerprint density at radius 1 is 1.21 bits per heavy atom. The molecule has 7 heteroatoms. The third kappa shape index (κ3) is 4.18. The lowest BCUT2D eigenvalue weighted by atomic mass is 10.0. The van der Waals surface area contributed by atoms with Gasteiger partial charge in [0.2, 0.25) is 5.28 Å². The maximum Gasteiger partial charge on any atom is 0.323 e. The van der Waals surface area contributed by atoms with Crippen molar-refractivity contribution in [2.24, 2.45) is 0 Å². The van der Waals surface area contributed by atoms with E-state index in [0.29, 0.717) is 19.3 Å². The van der Waals surface area contributed by atoms with Crippen LogP contribution >= 0.6 is 11.6 Å². The molecule has 106 valence electrons. The van der Waals surface area contributed by atoms with Gasteiger partial charge in [-0.1, -0.05) is 6.42 Å². The Balaban J connectivity index is 1.94. The highest BCUT2D eigenvalue weighted by Crippen LogP contribution is 2.17. The molecule has 0 bridgehead atoms. The third-order valence-corrected chi connectivity index (χ3v) is 3.34. The van der Waals surface area contributed by atoms with Gasteiger partial charge in [-0.2, -0.15) is 9.97 Å². The number of rotatable bonds is 5. The number of piperidine rings is 1. The van der Waals surface area contributed by atoms with E-state index >= 15 is 0 Å². The smallest absolute Gasteiger partial charge is 0.323 e. The summed E-state index contributed by atoms with van der Waals surface area (Å²) in [5.74, 6) is 0. The minimum atomic E-state index is 0.0884. The van der Waals surface area contributed by atoms with Gasteiger partial charge in [-0.3, -0.25) is 0 Å². The number of nitrogens with zero attached hydrogens (tertiary/aromatic N) is 4. The summed E-state index contributed by atoms with van der Waals surface area (Å²) in [6.07, 6.45) is 3.62.